The van der Waals surface area contributed by atoms with E-state index < -0.39 is 35.9 Å². The number of carboxylic acid groups (broad SMARTS) is 1. The highest BCUT2D eigenvalue weighted by Crippen LogP contribution is 2.19. The maximum atomic E-state index is 12.7. The summed E-state index contributed by atoms with van der Waals surface area (Å²) in [5, 5.41) is 14.4. The second-order valence-corrected chi connectivity index (χ2v) is 9.95. The van der Waals surface area contributed by atoms with Crippen molar-refractivity contribution in [3.8, 4) is 0 Å². The molecule has 1 aromatic rings. The fraction of sp³-hybridized carbons (Fsp3) is 0.583. The first-order valence-corrected chi connectivity index (χ1v) is 13.2. The van der Waals surface area contributed by atoms with E-state index >= 15 is 0 Å². The van der Waals surface area contributed by atoms with Gasteiger partial charge in [0.2, 0.25) is 17.6 Å². The number of alkyl halides is 6. The highest BCUT2D eigenvalue weighted by atomic mass is 32.2. The van der Waals surface area contributed by atoms with Crippen LogP contribution < -0.4 is 20.6 Å². The summed E-state index contributed by atoms with van der Waals surface area (Å²) in [6, 6.07) is 9.56. The van der Waals surface area contributed by atoms with Gasteiger partial charge in [-0.05, 0) is 18.6 Å². The molecule has 220 valence electrons. The standard InChI is InChI=1S/C22H30F3N3O3S.C2HF3O2/c1-16(29)26-19(8-5-13-32-15-20(30)22(23,24)25)21(31)27-18-9-11-28(12-10-18)14-17-6-3-2-4-7-17;3-2(4,5)1(6)7/h2-4,6-7,18-19H,5,8-15H2,1H3,(H,26,29)(H,27,31);(H,6,7)/t19-;/m0./s1. The molecule has 2 rings (SSSR count). The van der Waals surface area contributed by atoms with Gasteiger partial charge in [-0.15, -0.1) is 0 Å². The molecule has 1 aliphatic heterocycles. The van der Waals surface area contributed by atoms with Crippen LogP contribution in [-0.2, 0) is 25.7 Å². The van der Waals surface area contributed by atoms with E-state index in [1.165, 1.54) is 17.4 Å². The third-order valence-corrected chi connectivity index (χ3v) is 6.64. The number of thioether (sulfide) groups is 1. The molecular formula is C24H31F6N3O5S. The molecule has 1 heterocycles. The summed E-state index contributed by atoms with van der Waals surface area (Å²) in [5.74, 6) is -5.72. The van der Waals surface area contributed by atoms with Crippen molar-refractivity contribution in [3.63, 3.8) is 0 Å². The molecule has 1 fully saturated rings. The third-order valence-electron chi connectivity index (χ3n) is 5.59. The fourth-order valence-corrected chi connectivity index (χ4v) is 4.55. The molecule has 1 aromatic carbocycles. The van der Waals surface area contributed by atoms with Crippen molar-refractivity contribution in [2.45, 2.75) is 63.6 Å². The molecule has 0 aromatic heterocycles. The van der Waals surface area contributed by atoms with Crippen LogP contribution in [0.4, 0.5) is 26.3 Å². The average Bonchev–Trinajstić information content (AvgIpc) is 2.83. The number of hydrogen-bond donors (Lipinski definition) is 3. The largest absolute Gasteiger partial charge is 0.542 e. The van der Waals surface area contributed by atoms with Crippen LogP contribution in [0.15, 0.2) is 30.3 Å². The molecule has 0 radical (unpaired) electrons. The van der Waals surface area contributed by atoms with Gasteiger partial charge in [0.25, 0.3) is 0 Å². The maximum absolute atomic E-state index is 12.7. The van der Waals surface area contributed by atoms with Gasteiger partial charge in [-0.2, -0.15) is 38.1 Å². The molecule has 3 N–H and O–H groups in total. The van der Waals surface area contributed by atoms with Gasteiger partial charge in [-0.1, -0.05) is 30.3 Å². The number of benzene rings is 1. The maximum Gasteiger partial charge on any atom is 0.450 e. The lowest BCUT2D eigenvalue weighted by atomic mass is 10.0. The second kappa shape index (κ2) is 16.3. The summed E-state index contributed by atoms with van der Waals surface area (Å²) in [4.78, 5) is 45.3. The Kier molecular flexibility index (Phi) is 14.3. The monoisotopic (exact) mass is 587 g/mol. The molecule has 0 unspecified atom stereocenters. The number of rotatable bonds is 11. The second-order valence-electron chi connectivity index (χ2n) is 8.85. The van der Waals surface area contributed by atoms with Crippen molar-refractivity contribution < 1.29 is 55.5 Å². The Morgan fingerprint density at radius 1 is 1.03 bits per heavy atom. The quantitative estimate of drug-likeness (QED) is 0.260. The Labute approximate surface area is 225 Å². The number of carbonyl (C=O) groups excluding carboxylic acids is 4. The van der Waals surface area contributed by atoms with E-state index in [4.69, 9.17) is 9.90 Å². The van der Waals surface area contributed by atoms with Gasteiger partial charge >= 0.3 is 12.4 Å². The van der Waals surface area contributed by atoms with Crippen molar-refractivity contribution in [3.05, 3.63) is 35.9 Å². The summed E-state index contributed by atoms with van der Waals surface area (Å²) >= 11 is 0.881. The molecule has 0 aliphatic carbocycles. The lowest BCUT2D eigenvalue weighted by Gasteiger charge is -2.31. The van der Waals surface area contributed by atoms with Crippen LogP contribution >= 0.6 is 11.8 Å². The molecule has 0 bridgehead atoms. The van der Waals surface area contributed by atoms with Crippen LogP contribution in [0.5, 0.6) is 0 Å². The van der Waals surface area contributed by atoms with Crippen molar-refractivity contribution in [2.24, 2.45) is 0 Å². The van der Waals surface area contributed by atoms with Crippen LogP contribution in [-0.4, -0.2) is 72.6 Å². The number of carbonyl (C=O) groups is 4. The van der Waals surface area contributed by atoms with Crippen LogP contribution in [0.25, 0.3) is 0 Å². The van der Waals surface area contributed by atoms with E-state index in [-0.39, 0.29) is 17.9 Å². The number of amides is 2. The van der Waals surface area contributed by atoms with Gasteiger partial charge in [0.05, 0.1) is 18.8 Å². The zero-order chi connectivity index (χ0) is 29.6. The first-order chi connectivity index (χ1) is 18.1. The summed E-state index contributed by atoms with van der Waals surface area (Å²) in [6.07, 6.45) is -7.61. The van der Waals surface area contributed by atoms with Gasteiger partial charge in [-0.25, -0.2) is 0 Å². The number of carboxylic acids is 1. The first-order valence-electron chi connectivity index (χ1n) is 12.0. The lowest BCUT2D eigenvalue weighted by molar-refractivity contribution is -0.918. The summed E-state index contributed by atoms with van der Waals surface area (Å²) < 4.78 is 68.2. The minimum Gasteiger partial charge on any atom is -0.542 e. The number of nitrogens with one attached hydrogen (secondary N) is 3. The molecule has 15 heteroatoms. The van der Waals surface area contributed by atoms with E-state index in [1.54, 1.807) is 0 Å². The lowest BCUT2D eigenvalue weighted by Crippen LogP contribution is -3.12. The van der Waals surface area contributed by atoms with Gasteiger partial charge in [0, 0.05) is 31.4 Å². The van der Waals surface area contributed by atoms with Gasteiger partial charge in [-0.3, -0.25) is 14.4 Å². The summed E-state index contributed by atoms with van der Waals surface area (Å²) in [6.45, 7) is 4.15. The van der Waals surface area contributed by atoms with Crippen LogP contribution in [0.3, 0.4) is 0 Å². The number of halogens is 6. The number of likely N-dealkylation sites (tertiary alicyclic amines) is 1. The smallest absolute Gasteiger partial charge is 0.450 e. The molecule has 39 heavy (non-hydrogen) atoms. The average molecular weight is 588 g/mol. The topological polar surface area (TPSA) is 120 Å². The highest BCUT2D eigenvalue weighted by Gasteiger charge is 2.37. The predicted octanol–water partition coefficient (Wildman–Crippen LogP) is 0.798. The molecule has 1 saturated heterocycles. The minimum atomic E-state index is -5.19. The van der Waals surface area contributed by atoms with E-state index in [0.717, 1.165) is 44.2 Å². The molecule has 0 spiro atoms. The Morgan fingerprint density at radius 2 is 1.59 bits per heavy atom. The van der Waals surface area contributed by atoms with Crippen molar-refractivity contribution in [2.75, 3.05) is 24.6 Å². The molecule has 0 saturated carbocycles. The van der Waals surface area contributed by atoms with Crippen molar-refractivity contribution in [1.82, 2.24) is 10.6 Å². The van der Waals surface area contributed by atoms with E-state index in [2.05, 4.69) is 22.8 Å². The van der Waals surface area contributed by atoms with Crippen LogP contribution in [0.1, 0.15) is 38.2 Å². The zero-order valence-electron chi connectivity index (χ0n) is 21.1. The van der Waals surface area contributed by atoms with Crippen molar-refractivity contribution >= 4 is 35.3 Å². The van der Waals surface area contributed by atoms with Crippen LogP contribution in [0.2, 0.25) is 0 Å². The van der Waals surface area contributed by atoms with E-state index in [9.17, 15) is 40.7 Å². The molecule has 1 aliphatic rings. The fourth-order valence-electron chi connectivity index (χ4n) is 3.68. The zero-order valence-corrected chi connectivity index (χ0v) is 21.9. The molecule has 2 amide bonds. The molecule has 1 atom stereocenters. The summed E-state index contributed by atoms with van der Waals surface area (Å²) in [7, 11) is 0. The normalized spacial score (nSPS) is 18.2. The minimum absolute atomic E-state index is 0.0389. The number of ketones is 1. The number of aliphatic carboxylic acids is 1. The Morgan fingerprint density at radius 3 is 2.08 bits per heavy atom. The molecular weight excluding hydrogens is 556 g/mol. The van der Waals surface area contributed by atoms with Gasteiger partial charge in [0.15, 0.2) is 0 Å². The third kappa shape index (κ3) is 14.8. The first kappa shape index (κ1) is 34.2. The van der Waals surface area contributed by atoms with Crippen molar-refractivity contribution in [1.29, 1.82) is 0 Å². The number of quaternary nitrogens is 1. The van der Waals surface area contributed by atoms with Gasteiger partial charge in [0.1, 0.15) is 18.6 Å². The highest BCUT2D eigenvalue weighted by molar-refractivity contribution is 7.99. The Bertz CT molecular complexity index is 938. The Hall–Kier alpha value is -2.81. The van der Waals surface area contributed by atoms with Gasteiger partial charge < -0.3 is 25.4 Å². The Balaban J connectivity index is 0.000000956. The SMILES string of the molecule is CC(=O)N[C@@H](CCCSCC(=O)C(F)(F)F)C(=O)NC1CC[NH+](Cc2ccccc2)CC1.O=C([O-])C(F)(F)F. The summed E-state index contributed by atoms with van der Waals surface area (Å²) in [5.41, 5.74) is 1.28. The predicted molar refractivity (Wildman–Crippen MR) is 128 cm³/mol. The van der Waals surface area contributed by atoms with Crippen LogP contribution in [0, 0.1) is 0 Å². The van der Waals surface area contributed by atoms with E-state index in [0.29, 0.717) is 18.6 Å². The number of piperidine rings is 1. The molecule has 8 nitrogen and oxygen atoms in total. The number of Topliss-reactive ketones (excluding diaryl/α,β-unsaturated/α-hetero) is 1. The number of hydrogen-bond acceptors (Lipinski definition) is 6. The van der Waals surface area contributed by atoms with E-state index in [1.807, 2.05) is 18.2 Å².